The van der Waals surface area contributed by atoms with Crippen LogP contribution in [0, 0.1) is 0 Å². The van der Waals surface area contributed by atoms with Gasteiger partial charge in [0.25, 0.3) is 11.8 Å². The molecule has 200 valence electrons. The zero-order valence-corrected chi connectivity index (χ0v) is 21.9. The average molecular weight is 518 g/mol. The molecule has 0 aromatic heterocycles. The molecule has 0 radical (unpaired) electrons. The largest absolute Gasteiger partial charge is 0.339 e. The predicted octanol–water partition coefficient (Wildman–Crippen LogP) is 2.94. The maximum absolute atomic E-state index is 12.4. The lowest BCUT2D eigenvalue weighted by Gasteiger charge is -2.19. The van der Waals surface area contributed by atoms with Crippen LogP contribution in [0.3, 0.4) is 0 Å². The second kappa shape index (κ2) is 13.0. The first-order valence-electron chi connectivity index (χ1n) is 12.4. The van der Waals surface area contributed by atoms with Gasteiger partial charge in [-0.05, 0) is 51.9 Å². The van der Waals surface area contributed by atoms with Crippen molar-refractivity contribution in [1.29, 1.82) is 0 Å². The second-order valence-electron chi connectivity index (χ2n) is 9.99. The molecule has 38 heavy (non-hydrogen) atoms. The molecule has 3 amide bonds. The highest BCUT2D eigenvalue weighted by atomic mass is 16.5. The van der Waals surface area contributed by atoms with Gasteiger partial charge in [0.05, 0.1) is 6.54 Å². The number of hydrogen-bond acceptors (Lipinski definition) is 6. The van der Waals surface area contributed by atoms with Gasteiger partial charge < -0.3 is 21.7 Å². The number of carbonyl (C=O) groups is 3. The van der Waals surface area contributed by atoms with E-state index in [0.29, 0.717) is 17.8 Å². The van der Waals surface area contributed by atoms with Crippen LogP contribution in [-0.4, -0.2) is 42.1 Å². The minimum atomic E-state index is -1.04. The quantitative estimate of drug-likeness (QED) is 0.180. The lowest BCUT2D eigenvalue weighted by molar-refractivity contribution is -0.130. The zero-order chi connectivity index (χ0) is 27.7. The van der Waals surface area contributed by atoms with Gasteiger partial charge in [0.2, 0.25) is 5.91 Å². The summed E-state index contributed by atoms with van der Waals surface area (Å²) in [6.45, 7) is 7.18. The maximum atomic E-state index is 12.4. The van der Waals surface area contributed by atoms with Crippen molar-refractivity contribution in [3.05, 3.63) is 89.5 Å². The van der Waals surface area contributed by atoms with E-state index in [1.54, 1.807) is 24.3 Å². The second-order valence-corrected chi connectivity index (χ2v) is 9.99. The van der Waals surface area contributed by atoms with E-state index in [1.165, 1.54) is 11.0 Å². The Morgan fingerprint density at radius 2 is 1.45 bits per heavy atom. The van der Waals surface area contributed by atoms with E-state index in [2.05, 4.69) is 61.0 Å². The van der Waals surface area contributed by atoms with E-state index < -0.39 is 17.9 Å². The van der Waals surface area contributed by atoms with E-state index in [1.807, 2.05) is 24.3 Å². The van der Waals surface area contributed by atoms with Crippen molar-refractivity contribution in [3.63, 3.8) is 0 Å². The third-order valence-electron chi connectivity index (χ3n) is 6.05. The fourth-order valence-electron chi connectivity index (χ4n) is 3.76. The molecule has 0 saturated heterocycles. The molecule has 0 unspecified atom stereocenters. The van der Waals surface area contributed by atoms with Crippen LogP contribution >= 0.6 is 0 Å². The highest BCUT2D eigenvalue weighted by Crippen LogP contribution is 2.23. The lowest BCUT2D eigenvalue weighted by atomic mass is 9.87. The van der Waals surface area contributed by atoms with Crippen molar-refractivity contribution in [2.75, 3.05) is 18.4 Å². The Morgan fingerprint density at radius 3 is 1.97 bits per heavy atom. The Morgan fingerprint density at radius 1 is 0.868 bits per heavy atom. The number of amides is 3. The third kappa shape index (κ3) is 7.97. The normalized spacial score (nSPS) is 11.9. The van der Waals surface area contributed by atoms with Gasteiger partial charge in [0.1, 0.15) is 6.04 Å². The minimum absolute atomic E-state index is 0.109. The molecular formula is C29H35N5O4. The van der Waals surface area contributed by atoms with Crippen LogP contribution in [0.5, 0.6) is 0 Å². The topological polar surface area (TPSA) is 146 Å². The number of hydrogen-bond donors (Lipinski definition) is 6. The summed E-state index contributed by atoms with van der Waals surface area (Å²) in [5.41, 5.74) is 12.3. The smallest absolute Gasteiger partial charge is 0.267 e. The molecule has 0 spiro atoms. The van der Waals surface area contributed by atoms with Crippen LogP contribution in [0.1, 0.15) is 42.3 Å². The fourth-order valence-corrected chi connectivity index (χ4v) is 3.76. The van der Waals surface area contributed by atoms with Gasteiger partial charge in [-0.3, -0.25) is 19.6 Å². The van der Waals surface area contributed by atoms with Gasteiger partial charge in [-0.25, -0.2) is 5.48 Å². The zero-order valence-electron chi connectivity index (χ0n) is 21.9. The van der Waals surface area contributed by atoms with Gasteiger partial charge in [-0.2, -0.15) is 0 Å². The molecule has 0 aliphatic heterocycles. The number of nitrogens with two attached hydrogens (primary N) is 1. The van der Waals surface area contributed by atoms with Crippen molar-refractivity contribution in [2.24, 2.45) is 5.73 Å². The summed E-state index contributed by atoms with van der Waals surface area (Å²) in [7, 11) is 0. The molecule has 7 N–H and O–H groups in total. The molecule has 9 nitrogen and oxygen atoms in total. The predicted molar refractivity (Wildman–Crippen MR) is 148 cm³/mol. The summed E-state index contributed by atoms with van der Waals surface area (Å²) in [6, 6.07) is 21.6. The van der Waals surface area contributed by atoms with Crippen LogP contribution in [0.15, 0.2) is 72.8 Å². The molecule has 3 aromatic rings. The Bertz CT molecular complexity index is 1230. The van der Waals surface area contributed by atoms with E-state index in [4.69, 9.17) is 10.9 Å². The molecule has 0 aliphatic carbocycles. The van der Waals surface area contributed by atoms with Crippen molar-refractivity contribution in [2.45, 2.75) is 38.8 Å². The molecule has 9 heteroatoms. The lowest BCUT2D eigenvalue weighted by Crippen LogP contribution is -2.50. The van der Waals surface area contributed by atoms with E-state index >= 15 is 0 Å². The highest BCUT2D eigenvalue weighted by molar-refractivity contribution is 5.98. The third-order valence-corrected chi connectivity index (χ3v) is 6.05. The number of benzene rings is 3. The molecule has 0 saturated carbocycles. The van der Waals surface area contributed by atoms with Crippen molar-refractivity contribution >= 4 is 23.4 Å². The van der Waals surface area contributed by atoms with Crippen LogP contribution in [0.2, 0.25) is 0 Å². The van der Waals surface area contributed by atoms with Crippen molar-refractivity contribution in [3.8, 4) is 11.1 Å². The van der Waals surface area contributed by atoms with Gasteiger partial charge >= 0.3 is 0 Å². The molecule has 3 rings (SSSR count). The van der Waals surface area contributed by atoms with Crippen LogP contribution < -0.4 is 27.2 Å². The van der Waals surface area contributed by atoms with Crippen molar-refractivity contribution in [1.82, 2.24) is 16.1 Å². The maximum Gasteiger partial charge on any atom is 0.267 e. The minimum Gasteiger partial charge on any atom is -0.339 e. The summed E-state index contributed by atoms with van der Waals surface area (Å²) >= 11 is 0. The Kier molecular flexibility index (Phi) is 9.72. The number of rotatable bonds is 10. The summed E-state index contributed by atoms with van der Waals surface area (Å²) in [5.74, 6) is -1.40. The standard InChI is InChI=1S/C29H35N5O4/c1-29(2,3)23-12-4-19(5-13-23)17-31-18-26(35)32-24-14-10-21(11-15-24)20-6-8-22(9-7-20)27(36)33-25(16-30)28(37)34-38/h4-15,25,31,38H,16-18,30H2,1-3H3,(H,32,35)(H,33,36)(H,34,37)/t25-/m0/s1. The number of hydroxylamine groups is 1. The summed E-state index contributed by atoms with van der Waals surface area (Å²) < 4.78 is 0. The van der Waals surface area contributed by atoms with Crippen LogP contribution in [-0.2, 0) is 21.5 Å². The van der Waals surface area contributed by atoms with Gasteiger partial charge in [-0.15, -0.1) is 0 Å². The van der Waals surface area contributed by atoms with Gasteiger partial charge in [-0.1, -0.05) is 69.3 Å². The van der Waals surface area contributed by atoms with Crippen LogP contribution in [0.4, 0.5) is 5.69 Å². The van der Waals surface area contributed by atoms with E-state index in [-0.39, 0.29) is 24.4 Å². The first-order chi connectivity index (χ1) is 18.1. The summed E-state index contributed by atoms with van der Waals surface area (Å²) in [4.78, 5) is 36.2. The number of nitrogens with one attached hydrogen (secondary N) is 4. The highest BCUT2D eigenvalue weighted by Gasteiger charge is 2.19. The first kappa shape index (κ1) is 28.5. The summed E-state index contributed by atoms with van der Waals surface area (Å²) in [5, 5.41) is 17.2. The first-order valence-corrected chi connectivity index (χ1v) is 12.4. The molecule has 0 bridgehead atoms. The Balaban J connectivity index is 1.49. The van der Waals surface area contributed by atoms with Gasteiger partial charge in [0.15, 0.2) is 0 Å². The molecule has 0 fully saturated rings. The van der Waals surface area contributed by atoms with Crippen molar-refractivity contribution < 1.29 is 19.6 Å². The fraction of sp³-hybridized carbons (Fsp3) is 0.276. The Hall–Kier alpha value is -4.05. The monoisotopic (exact) mass is 517 g/mol. The molecule has 0 heterocycles. The molecule has 0 aliphatic rings. The number of anilines is 1. The molecular weight excluding hydrogens is 482 g/mol. The molecule has 1 atom stereocenters. The van der Waals surface area contributed by atoms with E-state index in [9.17, 15) is 14.4 Å². The Labute approximate surface area is 222 Å². The van der Waals surface area contributed by atoms with Crippen LogP contribution in [0.25, 0.3) is 11.1 Å². The van der Waals surface area contributed by atoms with Gasteiger partial charge in [0, 0.05) is 24.3 Å². The number of carbonyl (C=O) groups excluding carboxylic acids is 3. The average Bonchev–Trinajstić information content (AvgIpc) is 2.91. The summed E-state index contributed by atoms with van der Waals surface area (Å²) in [6.07, 6.45) is 0. The molecule has 3 aromatic carbocycles. The SMILES string of the molecule is CC(C)(C)c1ccc(CNCC(=O)Nc2ccc(-c3ccc(C(=O)N[C@@H](CN)C(=O)NO)cc3)cc2)cc1. The van der Waals surface area contributed by atoms with E-state index in [0.717, 1.165) is 16.7 Å².